The van der Waals surface area contributed by atoms with E-state index in [2.05, 4.69) is 5.43 Å². The number of rotatable bonds is 10. The van der Waals surface area contributed by atoms with E-state index in [1.54, 1.807) is 12.1 Å². The van der Waals surface area contributed by atoms with Crippen molar-refractivity contribution in [2.75, 3.05) is 5.01 Å². The van der Waals surface area contributed by atoms with Gasteiger partial charge in [-0.25, -0.2) is 24.6 Å². The first-order chi connectivity index (χ1) is 16.2. The minimum Gasteiger partial charge on any atom is -0.479 e. The number of benzene rings is 3. The van der Waals surface area contributed by atoms with E-state index in [4.69, 9.17) is 0 Å². The number of carboxylic acid groups (broad SMARTS) is 4. The molecule has 174 valence electrons. The molecule has 3 rings (SSSR count). The van der Waals surface area contributed by atoms with Crippen molar-refractivity contribution in [3.8, 4) is 0 Å². The molecule has 3 aromatic rings. The number of carbonyl (C=O) groups is 4. The first-order valence-corrected chi connectivity index (χ1v) is 9.86. The highest BCUT2D eigenvalue weighted by molar-refractivity contribution is 6.09. The van der Waals surface area contributed by atoms with Crippen molar-refractivity contribution in [3.05, 3.63) is 102 Å². The molecule has 0 heterocycles. The van der Waals surface area contributed by atoms with E-state index >= 15 is 0 Å². The van der Waals surface area contributed by atoms with Crippen LogP contribution in [0.15, 0.2) is 91.0 Å². The molecule has 0 fully saturated rings. The van der Waals surface area contributed by atoms with E-state index in [9.17, 15) is 39.6 Å². The van der Waals surface area contributed by atoms with Crippen molar-refractivity contribution in [1.82, 2.24) is 5.43 Å². The summed E-state index contributed by atoms with van der Waals surface area (Å²) in [7, 11) is 0. The maximum absolute atomic E-state index is 12.7. The minimum absolute atomic E-state index is 0.0982. The van der Waals surface area contributed by atoms with E-state index in [1.807, 2.05) is 0 Å². The van der Waals surface area contributed by atoms with Crippen LogP contribution in [0.2, 0.25) is 0 Å². The topological polar surface area (TPSA) is 164 Å². The third-order valence-corrected chi connectivity index (χ3v) is 5.29. The average Bonchev–Trinajstić information content (AvgIpc) is 2.82. The van der Waals surface area contributed by atoms with Crippen molar-refractivity contribution in [3.63, 3.8) is 0 Å². The summed E-state index contributed by atoms with van der Waals surface area (Å²) in [6, 6.07) is 20.8. The van der Waals surface area contributed by atoms with Gasteiger partial charge in [0.1, 0.15) is 0 Å². The Kier molecular flexibility index (Phi) is 6.64. The van der Waals surface area contributed by atoms with Crippen LogP contribution in [-0.2, 0) is 30.3 Å². The van der Waals surface area contributed by atoms with E-state index in [0.29, 0.717) is 5.01 Å². The van der Waals surface area contributed by atoms with Crippen LogP contribution in [-0.4, -0.2) is 44.3 Å². The molecule has 0 atom stereocenters. The van der Waals surface area contributed by atoms with Crippen LogP contribution in [0.4, 0.5) is 5.69 Å². The van der Waals surface area contributed by atoms with Gasteiger partial charge < -0.3 is 20.4 Å². The zero-order valence-corrected chi connectivity index (χ0v) is 17.5. The quantitative estimate of drug-likeness (QED) is 0.222. The Labute approximate surface area is 193 Å². The number of carboxylic acids is 4. The van der Waals surface area contributed by atoms with E-state index < -0.39 is 35.0 Å². The highest BCUT2D eigenvalue weighted by atomic mass is 16.4. The number of hydrogen-bond acceptors (Lipinski definition) is 6. The summed E-state index contributed by atoms with van der Waals surface area (Å²) in [5.74, 6) is -7.52. The van der Waals surface area contributed by atoms with Crippen LogP contribution in [0.25, 0.3) is 0 Å². The zero-order chi connectivity index (χ0) is 24.9. The predicted octanol–water partition coefficient (Wildman–Crippen LogP) is 2.13. The van der Waals surface area contributed by atoms with Crippen LogP contribution in [0.1, 0.15) is 11.1 Å². The van der Waals surface area contributed by atoms with Crippen LogP contribution < -0.4 is 10.4 Å². The Hall–Kier alpha value is -4.70. The summed E-state index contributed by atoms with van der Waals surface area (Å²) in [6.45, 7) is 0. The number of para-hydroxylation sites is 1. The molecule has 3 aromatic carbocycles. The lowest BCUT2D eigenvalue weighted by Gasteiger charge is -2.43. The molecule has 0 aliphatic heterocycles. The molecule has 10 heteroatoms. The van der Waals surface area contributed by atoms with Gasteiger partial charge in [0.05, 0.1) is 5.69 Å². The van der Waals surface area contributed by atoms with Crippen molar-refractivity contribution in [2.45, 2.75) is 11.1 Å². The Balaban J connectivity index is 2.40. The second kappa shape index (κ2) is 9.43. The molecule has 0 unspecified atom stereocenters. The van der Waals surface area contributed by atoms with Crippen LogP contribution in [0, 0.1) is 0 Å². The first-order valence-electron chi connectivity index (χ1n) is 9.86. The molecular formula is C24H20N2O8. The van der Waals surface area contributed by atoms with Gasteiger partial charge in [-0.05, 0) is 17.7 Å². The van der Waals surface area contributed by atoms with Crippen molar-refractivity contribution < 1.29 is 39.6 Å². The van der Waals surface area contributed by atoms with Gasteiger partial charge in [0.15, 0.2) is 0 Å². The fourth-order valence-electron chi connectivity index (χ4n) is 3.61. The van der Waals surface area contributed by atoms with Gasteiger partial charge in [0.2, 0.25) is 0 Å². The van der Waals surface area contributed by atoms with Crippen molar-refractivity contribution in [2.24, 2.45) is 0 Å². The van der Waals surface area contributed by atoms with Gasteiger partial charge in [-0.15, -0.1) is 0 Å². The molecule has 0 saturated heterocycles. The number of hydrazine groups is 1. The third kappa shape index (κ3) is 3.82. The van der Waals surface area contributed by atoms with Gasteiger partial charge in [0.25, 0.3) is 11.1 Å². The fourth-order valence-corrected chi connectivity index (χ4v) is 3.61. The van der Waals surface area contributed by atoms with Gasteiger partial charge >= 0.3 is 23.9 Å². The Morgan fingerprint density at radius 2 is 0.941 bits per heavy atom. The first kappa shape index (κ1) is 24.0. The lowest BCUT2D eigenvalue weighted by Crippen LogP contribution is -2.70. The molecule has 10 nitrogen and oxygen atoms in total. The normalized spacial score (nSPS) is 11.4. The van der Waals surface area contributed by atoms with Gasteiger partial charge in [-0.3, -0.25) is 5.01 Å². The number of nitrogens with zero attached hydrogens (tertiary/aromatic N) is 1. The summed E-state index contributed by atoms with van der Waals surface area (Å²) < 4.78 is 0. The van der Waals surface area contributed by atoms with E-state index in [1.165, 1.54) is 78.9 Å². The SMILES string of the molecule is O=C(O)C(NN(c1ccccc1)C(C(=O)O)(C(=O)O)c1ccccc1)(C(=O)O)c1ccccc1. The molecule has 5 N–H and O–H groups in total. The summed E-state index contributed by atoms with van der Waals surface area (Å²) in [5, 5.41) is 41.3. The highest BCUT2D eigenvalue weighted by Crippen LogP contribution is 2.36. The van der Waals surface area contributed by atoms with Gasteiger partial charge in [-0.2, -0.15) is 0 Å². The predicted molar refractivity (Wildman–Crippen MR) is 119 cm³/mol. The Morgan fingerprint density at radius 1 is 0.559 bits per heavy atom. The molecule has 0 aliphatic carbocycles. The monoisotopic (exact) mass is 464 g/mol. The van der Waals surface area contributed by atoms with Crippen molar-refractivity contribution >= 4 is 29.6 Å². The van der Waals surface area contributed by atoms with E-state index in [0.717, 1.165) is 0 Å². The van der Waals surface area contributed by atoms with Crippen LogP contribution >= 0.6 is 0 Å². The van der Waals surface area contributed by atoms with E-state index in [-0.39, 0.29) is 16.8 Å². The molecule has 0 amide bonds. The second-order valence-corrected chi connectivity index (χ2v) is 7.20. The fraction of sp³-hybridized carbons (Fsp3) is 0.0833. The lowest BCUT2D eigenvalue weighted by atomic mass is 9.86. The van der Waals surface area contributed by atoms with Crippen LogP contribution in [0.3, 0.4) is 0 Å². The number of nitrogens with one attached hydrogen (secondary N) is 1. The lowest BCUT2D eigenvalue weighted by molar-refractivity contribution is -0.165. The highest BCUT2D eigenvalue weighted by Gasteiger charge is 2.59. The maximum Gasteiger partial charge on any atom is 0.347 e. The minimum atomic E-state index is -2.95. The van der Waals surface area contributed by atoms with Crippen molar-refractivity contribution in [1.29, 1.82) is 0 Å². The van der Waals surface area contributed by atoms with Gasteiger partial charge in [0, 0.05) is 5.56 Å². The average molecular weight is 464 g/mol. The summed E-state index contributed by atoms with van der Waals surface area (Å²) in [6.07, 6.45) is 0. The second-order valence-electron chi connectivity index (χ2n) is 7.20. The smallest absolute Gasteiger partial charge is 0.347 e. The standard InChI is InChI=1S/C24H20N2O8/c27-19(28)23(20(29)30,16-10-4-1-5-11-16)25-26(18-14-8-3-9-15-18)24(21(31)32,22(33)34)17-12-6-2-7-13-17/h1-15,25H,(H,27,28)(H,29,30)(H,31,32)(H,33,34). The summed E-state index contributed by atoms with van der Waals surface area (Å²) >= 11 is 0. The molecule has 34 heavy (non-hydrogen) atoms. The zero-order valence-electron chi connectivity index (χ0n) is 17.5. The summed E-state index contributed by atoms with van der Waals surface area (Å²) in [4.78, 5) is 50.3. The largest absolute Gasteiger partial charge is 0.479 e. The third-order valence-electron chi connectivity index (χ3n) is 5.29. The maximum atomic E-state index is 12.7. The van der Waals surface area contributed by atoms with Gasteiger partial charge in [-0.1, -0.05) is 78.9 Å². The molecule has 0 saturated carbocycles. The molecule has 0 bridgehead atoms. The number of anilines is 1. The molecule has 0 aliphatic rings. The summed E-state index contributed by atoms with van der Waals surface area (Å²) in [5.41, 5.74) is -4.22. The number of aliphatic carboxylic acids is 4. The molecule has 0 spiro atoms. The molecule has 0 radical (unpaired) electrons. The Morgan fingerprint density at radius 3 is 1.32 bits per heavy atom. The molecular weight excluding hydrogens is 444 g/mol. The number of hydrogen-bond donors (Lipinski definition) is 5. The van der Waals surface area contributed by atoms with Crippen LogP contribution in [0.5, 0.6) is 0 Å². The Bertz CT molecular complexity index is 1170. The molecule has 0 aromatic heterocycles.